The Morgan fingerprint density at radius 1 is 1.10 bits per heavy atom. The van der Waals surface area contributed by atoms with Crippen LogP contribution in [0.3, 0.4) is 0 Å². The summed E-state index contributed by atoms with van der Waals surface area (Å²) in [5, 5.41) is 3.58. The van der Waals surface area contributed by atoms with Crippen molar-refractivity contribution in [1.29, 1.82) is 0 Å². The lowest BCUT2D eigenvalue weighted by atomic mass is 10.1. The highest BCUT2D eigenvalue weighted by atomic mass is 35.5. The van der Waals surface area contributed by atoms with Gasteiger partial charge in [0.05, 0.1) is 43.3 Å². The summed E-state index contributed by atoms with van der Waals surface area (Å²) in [6, 6.07) is 9.71. The predicted octanol–water partition coefficient (Wildman–Crippen LogP) is 3.72. The largest absolute Gasteiger partial charge is 0.497 e. The number of ether oxygens (including phenoxy) is 3. The Morgan fingerprint density at radius 3 is 2.55 bits per heavy atom. The van der Waals surface area contributed by atoms with Gasteiger partial charge in [-0.15, -0.1) is 0 Å². The summed E-state index contributed by atoms with van der Waals surface area (Å²) in [4.78, 5) is 40.6. The van der Waals surface area contributed by atoms with Crippen molar-refractivity contribution < 1.29 is 23.8 Å². The minimum Gasteiger partial charge on any atom is -0.497 e. The number of methoxy groups -OCH3 is 3. The number of fused-ring (bicyclic) bond motifs is 1. The fourth-order valence-electron chi connectivity index (χ4n) is 2.86. The molecule has 0 saturated carbocycles. The van der Waals surface area contributed by atoms with Crippen LogP contribution < -0.4 is 20.2 Å². The molecule has 0 aliphatic rings. The first-order chi connectivity index (χ1) is 14.9. The number of halogens is 1. The van der Waals surface area contributed by atoms with E-state index in [0.717, 1.165) is 11.8 Å². The molecule has 2 aromatic carbocycles. The Labute approximate surface area is 186 Å². The van der Waals surface area contributed by atoms with Gasteiger partial charge in [-0.3, -0.25) is 9.59 Å². The van der Waals surface area contributed by atoms with Crippen molar-refractivity contribution in [3.05, 3.63) is 57.2 Å². The molecule has 0 atom stereocenters. The second-order valence-corrected chi connectivity index (χ2v) is 7.66. The minimum atomic E-state index is -0.803. The number of thioether (sulfide) groups is 1. The second-order valence-electron chi connectivity index (χ2n) is 6.24. The number of benzene rings is 2. The van der Waals surface area contributed by atoms with Gasteiger partial charge in [0.15, 0.2) is 0 Å². The van der Waals surface area contributed by atoms with E-state index in [1.54, 1.807) is 30.3 Å². The SMILES string of the molecule is COC(=O)c1c(SCC(=O)Nc2ccc(OC)cc2OC)[nH]c2ccc(Cl)cc2c1=O. The van der Waals surface area contributed by atoms with E-state index in [-0.39, 0.29) is 27.6 Å². The molecule has 3 rings (SSSR count). The molecule has 1 amide bonds. The van der Waals surface area contributed by atoms with E-state index in [1.807, 2.05) is 0 Å². The molecule has 0 spiro atoms. The molecular formula is C21H19ClN2O6S. The van der Waals surface area contributed by atoms with Gasteiger partial charge in [0.1, 0.15) is 17.1 Å². The maximum absolute atomic E-state index is 12.9. The van der Waals surface area contributed by atoms with Crippen LogP contribution >= 0.6 is 23.4 Å². The second kappa shape index (κ2) is 9.76. The van der Waals surface area contributed by atoms with Gasteiger partial charge >= 0.3 is 5.97 Å². The molecule has 10 heteroatoms. The van der Waals surface area contributed by atoms with Crippen LogP contribution in [0.2, 0.25) is 5.02 Å². The van der Waals surface area contributed by atoms with E-state index in [9.17, 15) is 14.4 Å². The molecule has 2 N–H and O–H groups in total. The molecule has 31 heavy (non-hydrogen) atoms. The number of aromatic nitrogens is 1. The van der Waals surface area contributed by atoms with Crippen LogP contribution in [0.1, 0.15) is 10.4 Å². The average Bonchev–Trinajstić information content (AvgIpc) is 2.78. The summed E-state index contributed by atoms with van der Waals surface area (Å²) in [6.45, 7) is 0. The minimum absolute atomic E-state index is 0.0752. The summed E-state index contributed by atoms with van der Waals surface area (Å²) in [5.41, 5.74) is 0.241. The molecule has 0 saturated heterocycles. The van der Waals surface area contributed by atoms with Crippen molar-refractivity contribution in [2.75, 3.05) is 32.4 Å². The fraction of sp³-hybridized carbons (Fsp3) is 0.190. The van der Waals surface area contributed by atoms with Crippen LogP contribution in [0, 0.1) is 0 Å². The lowest BCUT2D eigenvalue weighted by Gasteiger charge is -2.12. The molecule has 1 heterocycles. The molecule has 0 radical (unpaired) electrons. The highest BCUT2D eigenvalue weighted by molar-refractivity contribution is 8.00. The van der Waals surface area contributed by atoms with E-state index in [0.29, 0.717) is 27.7 Å². The standard InChI is InChI=1S/C21H19ClN2O6S/c1-28-12-5-7-15(16(9-12)29-2)23-17(25)10-31-20-18(21(27)30-3)19(26)13-8-11(22)4-6-14(13)24-20/h4-9H,10H2,1-3H3,(H,23,25)(H,24,26). The molecular weight excluding hydrogens is 444 g/mol. The number of hydrogen-bond donors (Lipinski definition) is 2. The number of nitrogens with one attached hydrogen (secondary N) is 2. The summed E-state index contributed by atoms with van der Waals surface area (Å²) in [7, 11) is 4.19. The maximum Gasteiger partial charge on any atom is 0.344 e. The highest BCUT2D eigenvalue weighted by Crippen LogP contribution is 2.30. The summed E-state index contributed by atoms with van der Waals surface area (Å²) in [5.74, 6) is -0.220. The van der Waals surface area contributed by atoms with Crippen LogP contribution in [0.25, 0.3) is 10.9 Å². The number of H-pyrrole nitrogens is 1. The summed E-state index contributed by atoms with van der Waals surface area (Å²) >= 11 is 6.98. The van der Waals surface area contributed by atoms with Crippen molar-refractivity contribution in [2.24, 2.45) is 0 Å². The molecule has 162 valence electrons. The van der Waals surface area contributed by atoms with Crippen molar-refractivity contribution in [1.82, 2.24) is 4.98 Å². The van der Waals surface area contributed by atoms with E-state index in [2.05, 4.69) is 10.3 Å². The monoisotopic (exact) mass is 462 g/mol. The van der Waals surface area contributed by atoms with Gasteiger partial charge in [-0.25, -0.2) is 4.79 Å². The first kappa shape index (κ1) is 22.5. The van der Waals surface area contributed by atoms with Crippen LogP contribution in [0.5, 0.6) is 11.5 Å². The van der Waals surface area contributed by atoms with Gasteiger partial charge in [-0.1, -0.05) is 23.4 Å². The first-order valence-electron chi connectivity index (χ1n) is 8.96. The van der Waals surface area contributed by atoms with E-state index in [1.165, 1.54) is 27.4 Å². The molecule has 3 aromatic rings. The lowest BCUT2D eigenvalue weighted by Crippen LogP contribution is -2.20. The predicted molar refractivity (Wildman–Crippen MR) is 120 cm³/mol. The lowest BCUT2D eigenvalue weighted by molar-refractivity contribution is -0.113. The van der Waals surface area contributed by atoms with E-state index in [4.69, 9.17) is 25.8 Å². The van der Waals surface area contributed by atoms with Crippen LogP contribution in [0.4, 0.5) is 5.69 Å². The maximum atomic E-state index is 12.9. The van der Waals surface area contributed by atoms with Crippen LogP contribution in [-0.2, 0) is 9.53 Å². The quantitative estimate of drug-likeness (QED) is 0.407. The van der Waals surface area contributed by atoms with Crippen molar-refractivity contribution in [3.63, 3.8) is 0 Å². The van der Waals surface area contributed by atoms with E-state index < -0.39 is 11.4 Å². The molecule has 0 aliphatic heterocycles. The zero-order valence-electron chi connectivity index (χ0n) is 16.9. The smallest absolute Gasteiger partial charge is 0.344 e. The van der Waals surface area contributed by atoms with E-state index >= 15 is 0 Å². The normalized spacial score (nSPS) is 10.6. The number of carbonyl (C=O) groups excluding carboxylic acids is 2. The van der Waals surface area contributed by atoms with Crippen molar-refractivity contribution in [2.45, 2.75) is 5.03 Å². The van der Waals surface area contributed by atoms with Gasteiger partial charge < -0.3 is 24.5 Å². The van der Waals surface area contributed by atoms with Gasteiger partial charge in [0.25, 0.3) is 0 Å². The average molecular weight is 463 g/mol. The Kier molecular flexibility index (Phi) is 7.09. The number of amides is 1. The first-order valence-corrected chi connectivity index (χ1v) is 10.3. The van der Waals surface area contributed by atoms with Crippen LogP contribution in [0.15, 0.2) is 46.2 Å². The summed E-state index contributed by atoms with van der Waals surface area (Å²) < 4.78 is 15.2. The third-order valence-electron chi connectivity index (χ3n) is 4.35. The molecule has 1 aromatic heterocycles. The summed E-state index contributed by atoms with van der Waals surface area (Å²) in [6.07, 6.45) is 0. The Morgan fingerprint density at radius 2 is 1.87 bits per heavy atom. The zero-order chi connectivity index (χ0) is 22.5. The molecule has 0 fully saturated rings. The molecule has 0 bridgehead atoms. The van der Waals surface area contributed by atoms with Gasteiger partial charge in [0.2, 0.25) is 11.3 Å². The number of carbonyl (C=O) groups is 2. The zero-order valence-corrected chi connectivity index (χ0v) is 18.5. The topological polar surface area (TPSA) is 107 Å². The molecule has 0 aliphatic carbocycles. The Bertz CT molecular complexity index is 1210. The van der Waals surface area contributed by atoms with Gasteiger partial charge in [0, 0.05) is 16.5 Å². The number of esters is 1. The highest BCUT2D eigenvalue weighted by Gasteiger charge is 2.21. The Hall–Kier alpha value is -3.17. The number of anilines is 1. The van der Waals surface area contributed by atoms with Crippen molar-refractivity contribution in [3.8, 4) is 11.5 Å². The number of hydrogen-bond acceptors (Lipinski definition) is 7. The number of aromatic amines is 1. The fourth-order valence-corrected chi connectivity index (χ4v) is 3.88. The van der Waals surface area contributed by atoms with Crippen LogP contribution in [-0.4, -0.2) is 43.9 Å². The molecule has 0 unspecified atom stereocenters. The van der Waals surface area contributed by atoms with Gasteiger partial charge in [-0.2, -0.15) is 0 Å². The number of pyridine rings is 1. The number of rotatable bonds is 7. The molecule has 8 nitrogen and oxygen atoms in total. The van der Waals surface area contributed by atoms with Gasteiger partial charge in [-0.05, 0) is 30.3 Å². The third kappa shape index (κ3) is 4.95. The Balaban J connectivity index is 1.86. The van der Waals surface area contributed by atoms with Crippen molar-refractivity contribution >= 4 is 51.8 Å². The third-order valence-corrected chi connectivity index (χ3v) is 5.58.